The summed E-state index contributed by atoms with van der Waals surface area (Å²) >= 11 is 0. The Kier molecular flexibility index (Phi) is 3.72. The second kappa shape index (κ2) is 4.41. The number of likely N-dealkylation sites (tertiary alicyclic amines) is 1. The second-order valence-electron chi connectivity index (χ2n) is 4.80. The van der Waals surface area contributed by atoms with Gasteiger partial charge in [-0.1, -0.05) is 13.8 Å². The van der Waals surface area contributed by atoms with Crippen LogP contribution in [-0.4, -0.2) is 30.2 Å². The average molecular weight is 187 g/mol. The Morgan fingerprint density at radius 1 is 1.23 bits per heavy atom. The second-order valence-corrected chi connectivity index (χ2v) is 4.80. The van der Waals surface area contributed by atoms with E-state index in [2.05, 4.69) is 32.6 Å². The topological polar surface area (TPSA) is 3.24 Å². The lowest BCUT2D eigenvalue weighted by molar-refractivity contribution is 0.0452. The van der Waals surface area contributed by atoms with Gasteiger partial charge in [-0.3, -0.25) is 4.90 Å². The minimum atomic E-state index is -0.615. The first-order valence-electron chi connectivity index (χ1n) is 5.40. The Bertz CT molecular complexity index is 156. The van der Waals surface area contributed by atoms with Gasteiger partial charge in [0, 0.05) is 12.6 Å². The van der Waals surface area contributed by atoms with Crippen LogP contribution >= 0.6 is 0 Å². The molecule has 13 heavy (non-hydrogen) atoms. The largest absolute Gasteiger partial charge is 0.298 e. The van der Waals surface area contributed by atoms with Crippen molar-refractivity contribution in [3.63, 3.8) is 0 Å². The molecule has 0 N–H and O–H groups in total. The predicted octanol–water partition coefficient (Wildman–Crippen LogP) is 2.71. The summed E-state index contributed by atoms with van der Waals surface area (Å²) in [4.78, 5) is 2.24. The number of rotatable bonds is 2. The number of hydrogen-bond acceptors (Lipinski definition) is 1. The molecular weight excluding hydrogens is 165 g/mol. The zero-order chi connectivity index (χ0) is 10.0. The van der Waals surface area contributed by atoms with Crippen molar-refractivity contribution in [1.82, 2.24) is 4.90 Å². The van der Waals surface area contributed by atoms with E-state index in [-0.39, 0.29) is 5.92 Å². The van der Waals surface area contributed by atoms with Crippen LogP contribution in [0.4, 0.5) is 4.39 Å². The van der Waals surface area contributed by atoms with Crippen LogP contribution < -0.4 is 0 Å². The van der Waals surface area contributed by atoms with E-state index in [0.29, 0.717) is 18.5 Å². The van der Waals surface area contributed by atoms with Gasteiger partial charge in [0.2, 0.25) is 0 Å². The van der Waals surface area contributed by atoms with Crippen molar-refractivity contribution in [2.24, 2.45) is 11.8 Å². The Morgan fingerprint density at radius 3 is 2.23 bits per heavy atom. The maximum atomic E-state index is 13.7. The van der Waals surface area contributed by atoms with E-state index in [0.717, 1.165) is 13.0 Å². The van der Waals surface area contributed by atoms with Gasteiger partial charge >= 0.3 is 0 Å². The maximum Gasteiger partial charge on any atom is 0.116 e. The molecule has 0 aromatic rings. The standard InChI is InChI=1S/C11H22FN/c1-8(2)10-5-6-13(9(3)4)7-11(10)12/h8-11H,5-7H2,1-4H3/t10-,11+/m1/s1. The fraction of sp³-hybridized carbons (Fsp3) is 1.00. The summed E-state index contributed by atoms with van der Waals surface area (Å²) in [7, 11) is 0. The van der Waals surface area contributed by atoms with E-state index in [1.165, 1.54) is 0 Å². The van der Waals surface area contributed by atoms with Crippen LogP contribution in [0.5, 0.6) is 0 Å². The van der Waals surface area contributed by atoms with Gasteiger partial charge < -0.3 is 0 Å². The van der Waals surface area contributed by atoms with Crippen LogP contribution in [0, 0.1) is 11.8 Å². The molecule has 0 unspecified atom stereocenters. The molecule has 1 fully saturated rings. The third-order valence-corrected chi connectivity index (χ3v) is 3.21. The molecule has 0 saturated carbocycles. The number of piperidine rings is 1. The first-order valence-corrected chi connectivity index (χ1v) is 5.40. The molecule has 1 heterocycles. The van der Waals surface area contributed by atoms with Crippen LogP contribution in [-0.2, 0) is 0 Å². The van der Waals surface area contributed by atoms with Gasteiger partial charge in [0.1, 0.15) is 6.17 Å². The summed E-state index contributed by atoms with van der Waals surface area (Å²) in [6.45, 7) is 10.2. The molecular formula is C11H22FN. The van der Waals surface area contributed by atoms with Crippen LogP contribution in [0.15, 0.2) is 0 Å². The highest BCUT2D eigenvalue weighted by Crippen LogP contribution is 2.27. The van der Waals surface area contributed by atoms with Gasteiger partial charge in [0.15, 0.2) is 0 Å². The molecule has 1 aliphatic heterocycles. The lowest BCUT2D eigenvalue weighted by atomic mass is 9.85. The molecule has 1 saturated heterocycles. The normalized spacial score (nSPS) is 31.6. The third-order valence-electron chi connectivity index (χ3n) is 3.21. The van der Waals surface area contributed by atoms with Gasteiger partial charge in [-0.25, -0.2) is 4.39 Å². The lowest BCUT2D eigenvalue weighted by Crippen LogP contribution is -2.46. The number of alkyl halides is 1. The van der Waals surface area contributed by atoms with E-state index in [9.17, 15) is 4.39 Å². The fourth-order valence-electron chi connectivity index (χ4n) is 2.17. The summed E-state index contributed by atoms with van der Waals surface area (Å²) in [6.07, 6.45) is 0.410. The Morgan fingerprint density at radius 2 is 1.85 bits per heavy atom. The van der Waals surface area contributed by atoms with Crippen molar-refractivity contribution in [3.8, 4) is 0 Å². The minimum absolute atomic E-state index is 0.287. The van der Waals surface area contributed by atoms with Gasteiger partial charge in [-0.05, 0) is 38.6 Å². The zero-order valence-electron chi connectivity index (χ0n) is 9.26. The Labute approximate surface area is 81.3 Å². The summed E-state index contributed by atoms with van der Waals surface area (Å²) in [5.74, 6) is 0.777. The number of nitrogens with zero attached hydrogens (tertiary/aromatic N) is 1. The Balaban J connectivity index is 2.46. The molecule has 0 amide bonds. The van der Waals surface area contributed by atoms with Crippen molar-refractivity contribution >= 4 is 0 Å². The lowest BCUT2D eigenvalue weighted by Gasteiger charge is -2.38. The minimum Gasteiger partial charge on any atom is -0.298 e. The van der Waals surface area contributed by atoms with E-state index in [4.69, 9.17) is 0 Å². The first-order chi connectivity index (χ1) is 6.02. The molecule has 2 heteroatoms. The smallest absolute Gasteiger partial charge is 0.116 e. The molecule has 1 rings (SSSR count). The maximum absolute atomic E-state index is 13.7. The third kappa shape index (κ3) is 2.67. The molecule has 1 nitrogen and oxygen atoms in total. The molecule has 1 aliphatic rings. The van der Waals surface area contributed by atoms with Gasteiger partial charge in [0.05, 0.1) is 0 Å². The highest BCUT2D eigenvalue weighted by molar-refractivity contribution is 4.83. The van der Waals surface area contributed by atoms with E-state index in [1.807, 2.05) is 0 Å². The molecule has 2 atom stereocenters. The quantitative estimate of drug-likeness (QED) is 0.642. The van der Waals surface area contributed by atoms with Crippen molar-refractivity contribution in [1.29, 1.82) is 0 Å². The van der Waals surface area contributed by atoms with Crippen molar-refractivity contribution in [3.05, 3.63) is 0 Å². The van der Waals surface area contributed by atoms with E-state index >= 15 is 0 Å². The van der Waals surface area contributed by atoms with Crippen LogP contribution in [0.2, 0.25) is 0 Å². The predicted molar refractivity (Wildman–Crippen MR) is 54.6 cm³/mol. The molecule has 0 aromatic carbocycles. The molecule has 78 valence electrons. The zero-order valence-corrected chi connectivity index (χ0v) is 9.26. The summed E-state index contributed by atoms with van der Waals surface area (Å²) < 4.78 is 13.7. The van der Waals surface area contributed by atoms with Crippen molar-refractivity contribution < 1.29 is 4.39 Å². The van der Waals surface area contributed by atoms with Gasteiger partial charge in [-0.15, -0.1) is 0 Å². The van der Waals surface area contributed by atoms with Gasteiger partial charge in [0.25, 0.3) is 0 Å². The summed E-state index contributed by atoms with van der Waals surface area (Å²) in [6, 6.07) is 0.492. The van der Waals surface area contributed by atoms with Crippen LogP contribution in [0.3, 0.4) is 0 Å². The van der Waals surface area contributed by atoms with Gasteiger partial charge in [-0.2, -0.15) is 0 Å². The Hall–Kier alpha value is -0.110. The highest BCUT2D eigenvalue weighted by atomic mass is 19.1. The van der Waals surface area contributed by atoms with Crippen molar-refractivity contribution in [2.75, 3.05) is 13.1 Å². The van der Waals surface area contributed by atoms with E-state index in [1.54, 1.807) is 0 Å². The average Bonchev–Trinajstić information content (AvgIpc) is 2.03. The molecule has 0 radical (unpaired) electrons. The highest BCUT2D eigenvalue weighted by Gasteiger charge is 2.31. The fourth-order valence-corrected chi connectivity index (χ4v) is 2.17. The molecule has 0 bridgehead atoms. The number of hydrogen-bond donors (Lipinski definition) is 0. The van der Waals surface area contributed by atoms with E-state index < -0.39 is 6.17 Å². The molecule has 0 spiro atoms. The SMILES string of the molecule is CC(C)[C@H]1CCN(C(C)C)C[C@@H]1F. The molecule has 0 aliphatic carbocycles. The van der Waals surface area contributed by atoms with Crippen molar-refractivity contribution in [2.45, 2.75) is 46.3 Å². The number of halogens is 1. The first kappa shape index (κ1) is 11.0. The van der Waals surface area contributed by atoms with Crippen LogP contribution in [0.25, 0.3) is 0 Å². The monoisotopic (exact) mass is 187 g/mol. The van der Waals surface area contributed by atoms with Crippen LogP contribution in [0.1, 0.15) is 34.1 Å². The summed E-state index contributed by atoms with van der Waals surface area (Å²) in [5.41, 5.74) is 0. The molecule has 0 aromatic heterocycles. The summed E-state index contributed by atoms with van der Waals surface area (Å²) in [5, 5.41) is 0.